The van der Waals surface area contributed by atoms with Gasteiger partial charge >= 0.3 is 0 Å². The average molecular weight is 373 g/mol. The molecule has 1 aliphatic rings. The molecule has 0 amide bonds. The van der Waals surface area contributed by atoms with E-state index in [9.17, 15) is 8.42 Å². The third kappa shape index (κ3) is 4.72. The molecule has 0 heterocycles. The van der Waals surface area contributed by atoms with Gasteiger partial charge in [0.05, 0.1) is 4.90 Å². The van der Waals surface area contributed by atoms with Crippen molar-refractivity contribution in [2.24, 2.45) is 0 Å². The Morgan fingerprint density at radius 1 is 1.00 bits per heavy atom. The molecular weight excluding hydrogens is 344 g/mol. The van der Waals surface area contributed by atoms with E-state index in [-0.39, 0.29) is 6.04 Å². The van der Waals surface area contributed by atoms with Crippen molar-refractivity contribution in [1.82, 2.24) is 9.62 Å². The van der Waals surface area contributed by atoms with Gasteiger partial charge < -0.3 is 4.90 Å². The highest BCUT2D eigenvalue weighted by atomic mass is 32.2. The molecule has 0 aliphatic heterocycles. The SMILES string of the molecule is CN(C)C(CNS(=O)(=O)c1ccc2c(c1)CCCC2)Cc1ccccc1. The van der Waals surface area contributed by atoms with Gasteiger partial charge in [0.15, 0.2) is 0 Å². The van der Waals surface area contributed by atoms with Crippen LogP contribution in [0.4, 0.5) is 0 Å². The highest BCUT2D eigenvalue weighted by Crippen LogP contribution is 2.24. The van der Waals surface area contributed by atoms with Crippen molar-refractivity contribution in [2.75, 3.05) is 20.6 Å². The number of sulfonamides is 1. The smallest absolute Gasteiger partial charge is 0.240 e. The molecule has 1 atom stereocenters. The first-order valence-electron chi connectivity index (χ1n) is 9.27. The van der Waals surface area contributed by atoms with Crippen LogP contribution in [-0.2, 0) is 29.3 Å². The van der Waals surface area contributed by atoms with Crippen molar-refractivity contribution in [3.63, 3.8) is 0 Å². The highest BCUT2D eigenvalue weighted by molar-refractivity contribution is 7.89. The maximum absolute atomic E-state index is 12.8. The van der Waals surface area contributed by atoms with Crippen molar-refractivity contribution in [3.8, 4) is 0 Å². The number of fused-ring (bicyclic) bond motifs is 1. The lowest BCUT2D eigenvalue weighted by molar-refractivity contribution is 0.291. The van der Waals surface area contributed by atoms with Crippen LogP contribution in [0.15, 0.2) is 53.4 Å². The molecule has 4 nitrogen and oxygen atoms in total. The fraction of sp³-hybridized carbons (Fsp3) is 0.429. The Balaban J connectivity index is 1.70. The fourth-order valence-electron chi connectivity index (χ4n) is 3.49. The second kappa shape index (κ2) is 8.33. The molecule has 0 saturated carbocycles. The monoisotopic (exact) mass is 372 g/mol. The lowest BCUT2D eigenvalue weighted by Gasteiger charge is -2.25. The molecule has 26 heavy (non-hydrogen) atoms. The van der Waals surface area contributed by atoms with E-state index in [0.717, 1.165) is 25.7 Å². The third-order valence-corrected chi connectivity index (χ3v) is 6.60. The summed E-state index contributed by atoms with van der Waals surface area (Å²) in [5, 5.41) is 0. The van der Waals surface area contributed by atoms with Gasteiger partial charge in [0.25, 0.3) is 0 Å². The van der Waals surface area contributed by atoms with Gasteiger partial charge in [0.2, 0.25) is 10.0 Å². The zero-order valence-electron chi connectivity index (χ0n) is 15.6. The third-order valence-electron chi connectivity index (χ3n) is 5.18. The van der Waals surface area contributed by atoms with Gasteiger partial charge in [-0.2, -0.15) is 0 Å². The van der Waals surface area contributed by atoms with Crippen LogP contribution in [0.2, 0.25) is 0 Å². The Morgan fingerprint density at radius 2 is 1.69 bits per heavy atom. The Bertz CT molecular complexity index is 832. The van der Waals surface area contributed by atoms with E-state index in [1.807, 2.05) is 44.4 Å². The predicted octanol–water partition coefficient (Wildman–Crippen LogP) is 3.02. The summed E-state index contributed by atoms with van der Waals surface area (Å²) in [7, 11) is 0.483. The molecule has 0 radical (unpaired) electrons. The minimum Gasteiger partial charge on any atom is -0.305 e. The van der Waals surface area contributed by atoms with Crippen LogP contribution in [0, 0.1) is 0 Å². The first-order valence-corrected chi connectivity index (χ1v) is 10.8. The van der Waals surface area contributed by atoms with Gasteiger partial charge in [0.1, 0.15) is 0 Å². The molecule has 0 aromatic heterocycles. The Hall–Kier alpha value is -1.69. The molecule has 1 unspecified atom stereocenters. The minimum atomic E-state index is -3.49. The predicted molar refractivity (Wildman–Crippen MR) is 106 cm³/mol. The lowest BCUT2D eigenvalue weighted by atomic mass is 9.92. The van der Waals surface area contributed by atoms with Gasteiger partial charge in [-0.15, -0.1) is 0 Å². The molecule has 3 rings (SSSR count). The number of aryl methyl sites for hydroxylation is 2. The van der Waals surface area contributed by atoms with Crippen LogP contribution in [0.5, 0.6) is 0 Å². The summed E-state index contributed by atoms with van der Waals surface area (Å²) < 4.78 is 28.3. The van der Waals surface area contributed by atoms with Crippen molar-refractivity contribution >= 4 is 10.0 Å². The molecule has 5 heteroatoms. The van der Waals surface area contributed by atoms with Crippen LogP contribution in [0.25, 0.3) is 0 Å². The van der Waals surface area contributed by atoms with Gasteiger partial charge in [-0.05, 0) is 75.0 Å². The summed E-state index contributed by atoms with van der Waals surface area (Å²) in [5.74, 6) is 0. The fourth-order valence-corrected chi connectivity index (χ4v) is 4.61. The van der Waals surface area contributed by atoms with E-state index in [1.165, 1.54) is 23.1 Å². The maximum Gasteiger partial charge on any atom is 0.240 e. The number of likely N-dealkylation sites (N-methyl/N-ethyl adjacent to an activating group) is 1. The molecule has 0 bridgehead atoms. The summed E-state index contributed by atoms with van der Waals surface area (Å²) in [6.45, 7) is 0.390. The largest absolute Gasteiger partial charge is 0.305 e. The summed E-state index contributed by atoms with van der Waals surface area (Å²) in [4.78, 5) is 2.46. The first-order chi connectivity index (χ1) is 12.5. The lowest BCUT2D eigenvalue weighted by Crippen LogP contribution is -2.41. The van der Waals surface area contributed by atoms with Crippen molar-refractivity contribution < 1.29 is 8.42 Å². The molecule has 0 fully saturated rings. The van der Waals surface area contributed by atoms with Gasteiger partial charge in [-0.1, -0.05) is 36.4 Å². The van der Waals surface area contributed by atoms with E-state index in [4.69, 9.17) is 0 Å². The van der Waals surface area contributed by atoms with E-state index >= 15 is 0 Å². The molecule has 0 spiro atoms. The van der Waals surface area contributed by atoms with Crippen LogP contribution in [-0.4, -0.2) is 40.0 Å². The minimum absolute atomic E-state index is 0.102. The second-order valence-electron chi connectivity index (χ2n) is 7.30. The van der Waals surface area contributed by atoms with Crippen molar-refractivity contribution in [2.45, 2.75) is 43.0 Å². The Kier molecular flexibility index (Phi) is 6.12. The topological polar surface area (TPSA) is 49.4 Å². The highest BCUT2D eigenvalue weighted by Gasteiger charge is 2.20. The Labute approximate surface area is 157 Å². The summed E-state index contributed by atoms with van der Waals surface area (Å²) >= 11 is 0. The van der Waals surface area contributed by atoms with E-state index < -0.39 is 10.0 Å². The number of rotatable bonds is 7. The zero-order valence-corrected chi connectivity index (χ0v) is 16.4. The summed E-state index contributed by atoms with van der Waals surface area (Å²) in [5.41, 5.74) is 3.69. The number of benzene rings is 2. The van der Waals surface area contributed by atoms with Crippen LogP contribution < -0.4 is 4.72 Å². The second-order valence-corrected chi connectivity index (χ2v) is 9.06. The molecule has 1 N–H and O–H groups in total. The van der Waals surface area contributed by atoms with Crippen LogP contribution in [0.3, 0.4) is 0 Å². The summed E-state index contributed by atoms with van der Waals surface area (Å²) in [6, 6.07) is 15.9. The molecule has 1 aliphatic carbocycles. The van der Waals surface area contributed by atoms with Crippen molar-refractivity contribution in [3.05, 3.63) is 65.2 Å². The van der Waals surface area contributed by atoms with Crippen LogP contribution in [0.1, 0.15) is 29.5 Å². The van der Waals surface area contributed by atoms with Crippen LogP contribution >= 0.6 is 0 Å². The standard InChI is InChI=1S/C21H28N2O2S/c1-23(2)20(14-17-8-4-3-5-9-17)16-22-26(24,25)21-13-12-18-10-6-7-11-19(18)15-21/h3-5,8-9,12-13,15,20,22H,6-7,10-11,14,16H2,1-2H3. The number of nitrogens with one attached hydrogen (secondary N) is 1. The molecule has 140 valence electrons. The van der Waals surface area contributed by atoms with Gasteiger partial charge in [0, 0.05) is 12.6 Å². The molecule has 2 aromatic carbocycles. The maximum atomic E-state index is 12.8. The van der Waals surface area contributed by atoms with Gasteiger partial charge in [-0.3, -0.25) is 0 Å². The molecular formula is C21H28N2O2S. The number of hydrogen-bond donors (Lipinski definition) is 1. The molecule has 2 aromatic rings. The average Bonchev–Trinajstić information content (AvgIpc) is 2.65. The van der Waals surface area contributed by atoms with E-state index in [1.54, 1.807) is 6.07 Å². The first kappa shape index (κ1) is 19.1. The van der Waals surface area contributed by atoms with E-state index in [0.29, 0.717) is 11.4 Å². The molecule has 0 saturated heterocycles. The Morgan fingerprint density at radius 3 is 2.38 bits per heavy atom. The van der Waals surface area contributed by atoms with E-state index in [2.05, 4.69) is 21.8 Å². The van der Waals surface area contributed by atoms with Crippen molar-refractivity contribution in [1.29, 1.82) is 0 Å². The number of nitrogens with zero attached hydrogens (tertiary/aromatic N) is 1. The zero-order chi connectivity index (χ0) is 18.6. The summed E-state index contributed by atoms with van der Waals surface area (Å²) in [6.07, 6.45) is 5.18. The quantitative estimate of drug-likeness (QED) is 0.813. The normalized spacial score (nSPS) is 15.7. The number of hydrogen-bond acceptors (Lipinski definition) is 3. The van der Waals surface area contributed by atoms with Gasteiger partial charge in [-0.25, -0.2) is 13.1 Å².